The van der Waals surface area contributed by atoms with E-state index < -0.39 is 0 Å². The maximum absolute atomic E-state index is 12.0. The van der Waals surface area contributed by atoms with E-state index in [1.165, 1.54) is 6.42 Å². The zero-order chi connectivity index (χ0) is 11.7. The van der Waals surface area contributed by atoms with E-state index >= 15 is 0 Å². The molecule has 0 aromatic rings. The van der Waals surface area contributed by atoms with E-state index in [0.29, 0.717) is 25.3 Å². The standard InChI is InChI=1S/C12H20N2O2/c1-8-5-10(8)7-14(2)12(16)9-3-4-11(15)13-6-9/h8-10H,3-7H2,1-2H3,(H,13,15). The monoisotopic (exact) mass is 224 g/mol. The van der Waals surface area contributed by atoms with Crippen LogP contribution in [-0.4, -0.2) is 36.9 Å². The third kappa shape index (κ3) is 2.54. The van der Waals surface area contributed by atoms with E-state index in [4.69, 9.17) is 0 Å². The number of nitrogens with one attached hydrogen (secondary N) is 1. The third-order valence-electron chi connectivity index (χ3n) is 3.78. The van der Waals surface area contributed by atoms with Crippen LogP contribution in [0.4, 0.5) is 0 Å². The Labute approximate surface area is 96.4 Å². The van der Waals surface area contributed by atoms with Gasteiger partial charge in [0.05, 0.1) is 5.92 Å². The van der Waals surface area contributed by atoms with Crippen LogP contribution in [0.1, 0.15) is 26.2 Å². The van der Waals surface area contributed by atoms with Gasteiger partial charge in [-0.25, -0.2) is 0 Å². The van der Waals surface area contributed by atoms with Gasteiger partial charge in [0, 0.05) is 26.6 Å². The van der Waals surface area contributed by atoms with Gasteiger partial charge in [-0.1, -0.05) is 6.92 Å². The minimum atomic E-state index is -0.00300. The molecule has 1 saturated carbocycles. The smallest absolute Gasteiger partial charge is 0.227 e. The number of nitrogens with zero attached hydrogens (tertiary/aromatic N) is 1. The van der Waals surface area contributed by atoms with Gasteiger partial charge in [0.25, 0.3) is 0 Å². The van der Waals surface area contributed by atoms with Gasteiger partial charge in [0.2, 0.25) is 11.8 Å². The summed E-state index contributed by atoms with van der Waals surface area (Å²) in [5.41, 5.74) is 0. The molecule has 0 spiro atoms. The SMILES string of the molecule is CC1CC1CN(C)C(=O)C1CCC(=O)NC1. The van der Waals surface area contributed by atoms with E-state index in [1.807, 2.05) is 11.9 Å². The Morgan fingerprint density at radius 3 is 2.75 bits per heavy atom. The van der Waals surface area contributed by atoms with Crippen LogP contribution in [0.3, 0.4) is 0 Å². The number of hydrogen-bond donors (Lipinski definition) is 1. The zero-order valence-electron chi connectivity index (χ0n) is 10.0. The van der Waals surface area contributed by atoms with Gasteiger partial charge >= 0.3 is 0 Å². The number of carbonyl (C=O) groups excluding carboxylic acids is 2. The molecule has 0 radical (unpaired) electrons. The molecule has 3 unspecified atom stereocenters. The molecule has 1 aliphatic carbocycles. The largest absolute Gasteiger partial charge is 0.355 e. The molecule has 1 aliphatic heterocycles. The Morgan fingerprint density at radius 1 is 1.56 bits per heavy atom. The lowest BCUT2D eigenvalue weighted by Gasteiger charge is -2.26. The summed E-state index contributed by atoms with van der Waals surface area (Å²) in [6.45, 7) is 3.62. The highest BCUT2D eigenvalue weighted by Crippen LogP contribution is 2.38. The lowest BCUT2D eigenvalue weighted by molar-refractivity contribution is -0.136. The maximum atomic E-state index is 12.0. The molecule has 2 amide bonds. The first-order valence-electron chi connectivity index (χ1n) is 6.09. The van der Waals surface area contributed by atoms with E-state index in [2.05, 4.69) is 12.2 Å². The van der Waals surface area contributed by atoms with Gasteiger partial charge in [-0.05, 0) is 24.7 Å². The lowest BCUT2D eigenvalue weighted by atomic mass is 9.98. The van der Waals surface area contributed by atoms with Crippen molar-refractivity contribution >= 4 is 11.8 Å². The molecule has 4 heteroatoms. The first kappa shape index (κ1) is 11.4. The van der Waals surface area contributed by atoms with E-state index in [1.54, 1.807) is 0 Å². The molecule has 16 heavy (non-hydrogen) atoms. The van der Waals surface area contributed by atoms with Crippen LogP contribution in [0.15, 0.2) is 0 Å². The first-order valence-corrected chi connectivity index (χ1v) is 6.09. The van der Waals surface area contributed by atoms with E-state index in [9.17, 15) is 9.59 Å². The normalized spacial score (nSPS) is 33.1. The zero-order valence-corrected chi connectivity index (χ0v) is 10.0. The molecule has 1 N–H and O–H groups in total. The topological polar surface area (TPSA) is 49.4 Å². The summed E-state index contributed by atoms with van der Waals surface area (Å²) in [7, 11) is 1.88. The molecule has 90 valence electrons. The van der Waals surface area contributed by atoms with Crippen molar-refractivity contribution in [2.75, 3.05) is 20.1 Å². The van der Waals surface area contributed by atoms with Gasteiger partial charge in [-0.2, -0.15) is 0 Å². The van der Waals surface area contributed by atoms with Crippen LogP contribution in [0.25, 0.3) is 0 Å². The fraction of sp³-hybridized carbons (Fsp3) is 0.833. The van der Waals surface area contributed by atoms with Gasteiger partial charge in [-0.15, -0.1) is 0 Å². The molecule has 2 fully saturated rings. The minimum Gasteiger partial charge on any atom is -0.355 e. The fourth-order valence-corrected chi connectivity index (χ4v) is 2.35. The van der Waals surface area contributed by atoms with Gasteiger partial charge in [-0.3, -0.25) is 9.59 Å². The van der Waals surface area contributed by atoms with Crippen LogP contribution in [0, 0.1) is 17.8 Å². The molecule has 0 aromatic heterocycles. The molecule has 0 aromatic carbocycles. The summed E-state index contributed by atoms with van der Waals surface area (Å²) in [5, 5.41) is 2.76. The van der Waals surface area contributed by atoms with Crippen molar-refractivity contribution in [1.82, 2.24) is 10.2 Å². The van der Waals surface area contributed by atoms with Crippen molar-refractivity contribution in [2.45, 2.75) is 26.2 Å². The summed E-state index contributed by atoms with van der Waals surface area (Å²) in [6.07, 6.45) is 2.44. The Bertz CT molecular complexity index is 293. The molecule has 1 saturated heterocycles. The maximum Gasteiger partial charge on any atom is 0.227 e. The Morgan fingerprint density at radius 2 is 2.25 bits per heavy atom. The fourth-order valence-electron chi connectivity index (χ4n) is 2.35. The Balaban J connectivity index is 1.79. The van der Waals surface area contributed by atoms with Crippen molar-refractivity contribution in [1.29, 1.82) is 0 Å². The molecular formula is C12H20N2O2. The molecule has 0 bridgehead atoms. The highest BCUT2D eigenvalue weighted by atomic mass is 16.2. The summed E-state index contributed by atoms with van der Waals surface area (Å²) in [6, 6.07) is 0. The van der Waals surface area contributed by atoms with Gasteiger partial charge in [0.1, 0.15) is 0 Å². The lowest BCUT2D eigenvalue weighted by Crippen LogP contribution is -2.44. The van der Waals surface area contributed by atoms with E-state index in [-0.39, 0.29) is 17.7 Å². The number of hydrogen-bond acceptors (Lipinski definition) is 2. The second kappa shape index (κ2) is 4.44. The number of rotatable bonds is 3. The van der Waals surface area contributed by atoms with Crippen LogP contribution in [0.2, 0.25) is 0 Å². The van der Waals surface area contributed by atoms with Gasteiger partial charge < -0.3 is 10.2 Å². The highest BCUT2D eigenvalue weighted by molar-refractivity contribution is 5.83. The predicted octanol–water partition coefficient (Wildman–Crippen LogP) is 0.627. The average Bonchev–Trinajstić information content (AvgIpc) is 2.94. The molecule has 1 heterocycles. The predicted molar refractivity (Wildman–Crippen MR) is 60.6 cm³/mol. The van der Waals surface area contributed by atoms with Crippen molar-refractivity contribution in [3.05, 3.63) is 0 Å². The first-order chi connectivity index (χ1) is 7.58. The number of amides is 2. The Kier molecular flexibility index (Phi) is 3.17. The quantitative estimate of drug-likeness (QED) is 0.764. The second-order valence-corrected chi connectivity index (χ2v) is 5.23. The summed E-state index contributed by atoms with van der Waals surface area (Å²) in [4.78, 5) is 24.9. The van der Waals surface area contributed by atoms with Crippen molar-refractivity contribution in [3.63, 3.8) is 0 Å². The van der Waals surface area contributed by atoms with Crippen molar-refractivity contribution in [3.8, 4) is 0 Å². The summed E-state index contributed by atoms with van der Waals surface area (Å²) < 4.78 is 0. The average molecular weight is 224 g/mol. The highest BCUT2D eigenvalue weighted by Gasteiger charge is 2.35. The van der Waals surface area contributed by atoms with Crippen LogP contribution in [0.5, 0.6) is 0 Å². The number of carbonyl (C=O) groups is 2. The van der Waals surface area contributed by atoms with Gasteiger partial charge in [0.15, 0.2) is 0 Å². The van der Waals surface area contributed by atoms with Crippen LogP contribution < -0.4 is 5.32 Å². The Hall–Kier alpha value is -1.06. The van der Waals surface area contributed by atoms with E-state index in [0.717, 1.165) is 12.5 Å². The summed E-state index contributed by atoms with van der Waals surface area (Å²) in [5.74, 6) is 1.74. The molecule has 2 rings (SSSR count). The minimum absolute atomic E-state index is 0.00300. The van der Waals surface area contributed by atoms with Crippen LogP contribution >= 0.6 is 0 Å². The molecule has 2 aliphatic rings. The molecular weight excluding hydrogens is 204 g/mol. The van der Waals surface area contributed by atoms with Crippen LogP contribution in [-0.2, 0) is 9.59 Å². The van der Waals surface area contributed by atoms with Crippen molar-refractivity contribution in [2.24, 2.45) is 17.8 Å². The molecule has 3 atom stereocenters. The number of piperidine rings is 1. The second-order valence-electron chi connectivity index (χ2n) is 5.23. The molecule has 4 nitrogen and oxygen atoms in total. The van der Waals surface area contributed by atoms with Crippen molar-refractivity contribution < 1.29 is 9.59 Å². The third-order valence-corrected chi connectivity index (χ3v) is 3.78. The summed E-state index contributed by atoms with van der Waals surface area (Å²) >= 11 is 0.